The van der Waals surface area contributed by atoms with Gasteiger partial charge in [0.25, 0.3) is 0 Å². The molecule has 2 fully saturated rings. The summed E-state index contributed by atoms with van der Waals surface area (Å²) in [4.78, 5) is 11.9. The van der Waals surface area contributed by atoms with Gasteiger partial charge in [0.05, 0.1) is 20.3 Å². The highest BCUT2D eigenvalue weighted by atomic mass is 28.4. The number of carbonyl (C=O) groups is 1. The lowest BCUT2D eigenvalue weighted by Crippen LogP contribution is -2.50. The fourth-order valence-electron chi connectivity index (χ4n) is 4.08. The van der Waals surface area contributed by atoms with Crippen molar-refractivity contribution >= 4 is 14.3 Å². The van der Waals surface area contributed by atoms with Gasteiger partial charge >= 0.3 is 5.97 Å². The molecule has 1 spiro atoms. The topological polar surface area (TPSA) is 54.0 Å². The summed E-state index contributed by atoms with van der Waals surface area (Å²) in [5.74, 6) is -0.307. The number of esters is 1. The molecule has 0 N–H and O–H groups in total. The lowest BCUT2D eigenvalue weighted by atomic mass is 9.85. The van der Waals surface area contributed by atoms with Gasteiger partial charge < -0.3 is 18.6 Å². The second-order valence-corrected chi connectivity index (χ2v) is 16.2. The molecule has 2 aliphatic rings. The molecule has 0 amide bonds. The molecule has 1 saturated carbocycles. The predicted octanol–water partition coefficient (Wildman–Crippen LogP) is 5.70. The lowest BCUT2D eigenvalue weighted by Gasteiger charge is -2.45. The average Bonchev–Trinajstić information content (AvgIpc) is 2.97. The van der Waals surface area contributed by atoms with Gasteiger partial charge in [-0.15, -0.1) is 0 Å². The second-order valence-electron chi connectivity index (χ2n) is 11.3. The molecule has 5 nitrogen and oxygen atoms in total. The van der Waals surface area contributed by atoms with Gasteiger partial charge in [-0.05, 0) is 43.3 Å². The van der Waals surface area contributed by atoms with Crippen LogP contribution in [0.15, 0.2) is 12.2 Å². The van der Waals surface area contributed by atoms with Crippen molar-refractivity contribution in [2.45, 2.75) is 90.6 Å². The van der Waals surface area contributed by atoms with Gasteiger partial charge in [-0.3, -0.25) is 4.79 Å². The fourth-order valence-corrected chi connectivity index (χ4v) is 5.14. The van der Waals surface area contributed by atoms with E-state index >= 15 is 0 Å². The molecule has 0 bridgehead atoms. The number of rotatable bonds is 8. The summed E-state index contributed by atoms with van der Waals surface area (Å²) in [6.07, 6.45) is 8.40. The zero-order valence-corrected chi connectivity index (χ0v) is 21.5. The van der Waals surface area contributed by atoms with Crippen molar-refractivity contribution in [1.82, 2.24) is 0 Å². The van der Waals surface area contributed by atoms with Crippen LogP contribution in [0.5, 0.6) is 0 Å². The molecule has 1 aliphatic carbocycles. The fraction of sp³-hybridized carbons (Fsp3) is 0.875. The van der Waals surface area contributed by atoms with Gasteiger partial charge in [-0.25, -0.2) is 0 Å². The Bertz CT molecular complexity index is 595. The molecule has 0 aromatic carbocycles. The van der Waals surface area contributed by atoms with Crippen molar-refractivity contribution in [3.8, 4) is 0 Å². The first kappa shape index (κ1) is 25.6. The SMILES string of the molecule is COC(=O)C[C@H]1CCC2(OCC(C)(C)CO2)[C@@H]1C/C=C\CCO[Si](C)(C)C(C)(C)C. The van der Waals surface area contributed by atoms with Crippen molar-refractivity contribution in [2.75, 3.05) is 26.9 Å². The number of ether oxygens (including phenoxy) is 3. The van der Waals surface area contributed by atoms with E-state index in [2.05, 4.69) is 59.9 Å². The van der Waals surface area contributed by atoms with E-state index in [4.69, 9.17) is 18.6 Å². The standard InChI is InChI=1S/C24H44O5Si/c1-22(2,3)30(7,8)29-15-11-9-10-12-20-19(16-21(25)26-6)13-14-24(20)27-17-23(4,5)18-28-24/h9-10,19-20H,11-18H2,1-8H3/b10-9-/t19-,20-/m1/s1. The van der Waals surface area contributed by atoms with E-state index in [1.807, 2.05) is 0 Å². The Hall–Kier alpha value is -0.693. The maximum Gasteiger partial charge on any atom is 0.305 e. The van der Waals surface area contributed by atoms with Gasteiger partial charge in [0.2, 0.25) is 0 Å². The number of hydrogen-bond acceptors (Lipinski definition) is 5. The van der Waals surface area contributed by atoms with Crippen LogP contribution in [0.25, 0.3) is 0 Å². The summed E-state index contributed by atoms with van der Waals surface area (Å²) in [5, 5.41) is 0.234. The second kappa shape index (κ2) is 9.84. The van der Waals surface area contributed by atoms with Crippen molar-refractivity contribution in [3.05, 3.63) is 12.2 Å². The Morgan fingerprint density at radius 1 is 1.17 bits per heavy atom. The van der Waals surface area contributed by atoms with Crippen LogP contribution in [0.4, 0.5) is 0 Å². The first-order valence-corrected chi connectivity index (χ1v) is 14.4. The monoisotopic (exact) mass is 440 g/mol. The normalized spacial score (nSPS) is 26.4. The Balaban J connectivity index is 1.95. The molecule has 1 aliphatic heterocycles. The minimum absolute atomic E-state index is 0.0349. The highest BCUT2D eigenvalue weighted by molar-refractivity contribution is 6.74. The molecule has 2 rings (SSSR count). The summed E-state index contributed by atoms with van der Waals surface area (Å²) in [7, 11) is -0.236. The van der Waals surface area contributed by atoms with E-state index in [-0.39, 0.29) is 28.3 Å². The highest BCUT2D eigenvalue weighted by Crippen LogP contribution is 2.50. The van der Waals surface area contributed by atoms with Crippen LogP contribution in [0, 0.1) is 17.3 Å². The molecule has 0 aromatic rings. The molecular weight excluding hydrogens is 396 g/mol. The van der Waals surface area contributed by atoms with E-state index in [0.29, 0.717) is 19.6 Å². The summed E-state index contributed by atoms with van der Waals surface area (Å²) in [5.41, 5.74) is 0.0349. The first-order chi connectivity index (χ1) is 13.8. The molecule has 2 atom stereocenters. The van der Waals surface area contributed by atoms with Crippen molar-refractivity contribution in [1.29, 1.82) is 0 Å². The third kappa shape index (κ3) is 6.41. The van der Waals surface area contributed by atoms with Gasteiger partial charge in [0.15, 0.2) is 14.1 Å². The molecule has 0 aromatic heterocycles. The number of allylic oxidation sites excluding steroid dienone is 1. The predicted molar refractivity (Wildman–Crippen MR) is 123 cm³/mol. The quantitative estimate of drug-likeness (QED) is 0.210. The maximum atomic E-state index is 11.9. The van der Waals surface area contributed by atoms with Gasteiger partial charge in [0.1, 0.15) is 0 Å². The third-order valence-electron chi connectivity index (χ3n) is 7.18. The number of carbonyl (C=O) groups excluding carboxylic acids is 1. The first-order valence-electron chi connectivity index (χ1n) is 11.5. The summed E-state index contributed by atoms with van der Waals surface area (Å²) >= 11 is 0. The lowest BCUT2D eigenvalue weighted by molar-refractivity contribution is -0.316. The van der Waals surface area contributed by atoms with Crippen LogP contribution in [0.1, 0.15) is 66.7 Å². The molecule has 6 heteroatoms. The molecule has 30 heavy (non-hydrogen) atoms. The van der Waals surface area contributed by atoms with Crippen molar-refractivity contribution in [2.24, 2.45) is 17.3 Å². The van der Waals surface area contributed by atoms with Crippen LogP contribution in [0.2, 0.25) is 18.1 Å². The van der Waals surface area contributed by atoms with Crippen molar-refractivity contribution in [3.63, 3.8) is 0 Å². The van der Waals surface area contributed by atoms with Crippen LogP contribution in [0.3, 0.4) is 0 Å². The largest absolute Gasteiger partial charge is 0.469 e. The Morgan fingerprint density at radius 3 is 2.37 bits per heavy atom. The average molecular weight is 441 g/mol. The van der Waals surface area contributed by atoms with Crippen LogP contribution < -0.4 is 0 Å². The molecule has 0 unspecified atom stereocenters. The molecule has 174 valence electrons. The van der Waals surface area contributed by atoms with Gasteiger partial charge in [-0.2, -0.15) is 0 Å². The van der Waals surface area contributed by atoms with E-state index in [1.165, 1.54) is 7.11 Å². The minimum Gasteiger partial charge on any atom is -0.469 e. The Morgan fingerprint density at radius 2 is 1.80 bits per heavy atom. The molecular formula is C24H44O5Si. The van der Waals surface area contributed by atoms with E-state index in [1.54, 1.807) is 0 Å². The van der Waals surface area contributed by atoms with E-state index in [9.17, 15) is 4.79 Å². The zero-order valence-electron chi connectivity index (χ0n) is 20.5. The summed E-state index contributed by atoms with van der Waals surface area (Å²) < 4.78 is 23.9. The zero-order chi connectivity index (χ0) is 22.6. The van der Waals surface area contributed by atoms with E-state index in [0.717, 1.165) is 32.3 Å². The summed E-state index contributed by atoms with van der Waals surface area (Å²) in [6.45, 7) is 17.8. The maximum absolute atomic E-state index is 11.9. The molecule has 1 saturated heterocycles. The smallest absolute Gasteiger partial charge is 0.305 e. The van der Waals surface area contributed by atoms with Crippen LogP contribution in [-0.4, -0.2) is 47.0 Å². The van der Waals surface area contributed by atoms with Gasteiger partial charge in [-0.1, -0.05) is 46.8 Å². The third-order valence-corrected chi connectivity index (χ3v) is 11.7. The van der Waals surface area contributed by atoms with Crippen LogP contribution in [-0.2, 0) is 23.4 Å². The highest BCUT2D eigenvalue weighted by Gasteiger charge is 2.53. The Kier molecular flexibility index (Phi) is 8.39. The number of hydrogen-bond donors (Lipinski definition) is 0. The van der Waals surface area contributed by atoms with Crippen LogP contribution >= 0.6 is 0 Å². The minimum atomic E-state index is -1.70. The summed E-state index contributed by atoms with van der Waals surface area (Å²) in [6, 6.07) is 0. The van der Waals surface area contributed by atoms with Gasteiger partial charge in [0, 0.05) is 30.8 Å². The van der Waals surface area contributed by atoms with E-state index < -0.39 is 14.1 Å². The molecule has 1 heterocycles. The van der Waals surface area contributed by atoms with Crippen molar-refractivity contribution < 1.29 is 23.4 Å². The number of methoxy groups -OCH3 is 1. The molecule has 0 radical (unpaired) electrons. The Labute approximate surface area is 185 Å².